The number of methoxy groups -OCH3 is 1. The van der Waals surface area contributed by atoms with Crippen molar-refractivity contribution in [3.05, 3.63) is 11.6 Å². The lowest BCUT2D eigenvalue weighted by molar-refractivity contribution is -0.132. The Hall–Kier alpha value is -0.693. The maximum absolute atomic E-state index is 10.6. The number of carboxylic acid groups (broad SMARTS) is 1. The fourth-order valence-electron chi connectivity index (χ4n) is 1.47. The molecule has 0 saturated heterocycles. The minimum Gasteiger partial charge on any atom is -0.478 e. The largest absolute Gasteiger partial charge is 0.478 e. The van der Waals surface area contributed by atoms with E-state index in [4.69, 9.17) is 18.7 Å². The van der Waals surface area contributed by atoms with Crippen molar-refractivity contribution in [1.82, 2.24) is 0 Å². The molecule has 0 aromatic rings. The Morgan fingerprint density at radius 1 is 1.29 bits per heavy atom. The van der Waals surface area contributed by atoms with Gasteiger partial charge in [0.15, 0.2) is 0 Å². The molecule has 0 aromatic carbocycles. The molecule has 0 spiro atoms. The van der Waals surface area contributed by atoms with Gasteiger partial charge in [-0.2, -0.15) is 0 Å². The number of hydrogen-bond donors (Lipinski definition) is 1. The molecule has 0 radical (unpaired) electrons. The first-order chi connectivity index (χ1) is 8.01. The van der Waals surface area contributed by atoms with Crippen molar-refractivity contribution in [2.24, 2.45) is 0 Å². The highest BCUT2D eigenvalue weighted by Crippen LogP contribution is 2.16. The van der Waals surface area contributed by atoms with Crippen LogP contribution in [0.2, 0.25) is 6.04 Å². The fourth-order valence-corrected chi connectivity index (χ4v) is 3.61. The van der Waals surface area contributed by atoms with Crippen molar-refractivity contribution >= 4 is 14.5 Å². The summed E-state index contributed by atoms with van der Waals surface area (Å²) in [5.41, 5.74) is 0.374. The standard InChI is InChI=1S/C11H22O5Si/c1-10(11(12)13)7-5-6-8-17(15-3,16-4)9-14-2/h7H,5-6,8-9H2,1-4H3,(H,12,13). The van der Waals surface area contributed by atoms with Crippen LogP contribution in [-0.2, 0) is 18.4 Å². The van der Waals surface area contributed by atoms with Gasteiger partial charge in [-0.1, -0.05) is 6.08 Å². The molecule has 5 nitrogen and oxygen atoms in total. The van der Waals surface area contributed by atoms with E-state index in [9.17, 15) is 4.79 Å². The Morgan fingerprint density at radius 3 is 2.29 bits per heavy atom. The quantitative estimate of drug-likeness (QED) is 0.389. The molecule has 0 fully saturated rings. The Labute approximate surface area is 104 Å². The van der Waals surface area contributed by atoms with Gasteiger partial charge in [0.05, 0.1) is 6.23 Å². The van der Waals surface area contributed by atoms with E-state index in [-0.39, 0.29) is 0 Å². The SMILES string of the molecule is COC[Si](CCCC=C(C)C(=O)O)(OC)OC. The molecule has 0 aromatic heterocycles. The fraction of sp³-hybridized carbons (Fsp3) is 0.727. The molecule has 0 amide bonds. The van der Waals surface area contributed by atoms with Gasteiger partial charge in [-0.25, -0.2) is 4.79 Å². The molecule has 17 heavy (non-hydrogen) atoms. The van der Waals surface area contributed by atoms with Crippen LogP contribution in [0.15, 0.2) is 11.6 Å². The van der Waals surface area contributed by atoms with Crippen molar-refractivity contribution in [2.75, 3.05) is 27.6 Å². The molecule has 0 bridgehead atoms. The van der Waals surface area contributed by atoms with E-state index in [1.165, 1.54) is 0 Å². The minimum absolute atomic E-state index is 0.374. The first-order valence-corrected chi connectivity index (χ1v) is 7.73. The smallest absolute Gasteiger partial charge is 0.364 e. The van der Waals surface area contributed by atoms with E-state index in [1.807, 2.05) is 0 Å². The third-order valence-electron chi connectivity index (χ3n) is 2.66. The third kappa shape index (κ3) is 5.97. The lowest BCUT2D eigenvalue weighted by atomic mass is 10.2. The Bertz CT molecular complexity index is 261. The molecular formula is C11H22O5Si. The van der Waals surface area contributed by atoms with Crippen LogP contribution in [0.1, 0.15) is 19.8 Å². The number of allylic oxidation sites excluding steroid dienone is 1. The van der Waals surface area contributed by atoms with E-state index in [0.717, 1.165) is 12.5 Å². The Morgan fingerprint density at radius 2 is 1.88 bits per heavy atom. The Balaban J connectivity index is 4.15. The van der Waals surface area contributed by atoms with Gasteiger partial charge < -0.3 is 18.7 Å². The average Bonchev–Trinajstić information content (AvgIpc) is 2.32. The number of rotatable bonds is 9. The topological polar surface area (TPSA) is 65.0 Å². The summed E-state index contributed by atoms with van der Waals surface area (Å²) in [4.78, 5) is 10.6. The molecule has 0 atom stereocenters. The summed E-state index contributed by atoms with van der Waals surface area (Å²) < 4.78 is 16.0. The lowest BCUT2D eigenvalue weighted by Gasteiger charge is -2.26. The van der Waals surface area contributed by atoms with Gasteiger partial charge in [-0.15, -0.1) is 0 Å². The van der Waals surface area contributed by atoms with Crippen molar-refractivity contribution in [3.8, 4) is 0 Å². The zero-order valence-corrected chi connectivity index (χ0v) is 12.0. The van der Waals surface area contributed by atoms with Crippen LogP contribution in [0.25, 0.3) is 0 Å². The first-order valence-electron chi connectivity index (χ1n) is 5.50. The lowest BCUT2D eigenvalue weighted by Crippen LogP contribution is -2.45. The van der Waals surface area contributed by atoms with E-state index >= 15 is 0 Å². The number of unbranched alkanes of at least 4 members (excludes halogenated alkanes) is 1. The second-order valence-corrected chi connectivity index (χ2v) is 7.26. The molecule has 1 N–H and O–H groups in total. The highest BCUT2D eigenvalue weighted by Gasteiger charge is 2.34. The minimum atomic E-state index is -2.24. The highest BCUT2D eigenvalue weighted by atomic mass is 28.4. The number of carbonyl (C=O) groups is 1. The number of carboxylic acids is 1. The summed E-state index contributed by atoms with van der Waals surface area (Å²) in [6, 6.07) is 0.789. The molecule has 0 unspecified atom stereocenters. The molecule has 0 aliphatic carbocycles. The molecule has 0 rings (SSSR count). The van der Waals surface area contributed by atoms with Crippen LogP contribution in [-0.4, -0.2) is 47.2 Å². The van der Waals surface area contributed by atoms with E-state index in [2.05, 4.69) is 0 Å². The van der Waals surface area contributed by atoms with Crippen LogP contribution in [0.3, 0.4) is 0 Å². The summed E-state index contributed by atoms with van der Waals surface area (Å²) in [5, 5.41) is 8.69. The molecular weight excluding hydrogens is 240 g/mol. The second kappa shape index (κ2) is 8.41. The van der Waals surface area contributed by atoms with Gasteiger partial charge in [0.25, 0.3) is 0 Å². The van der Waals surface area contributed by atoms with Crippen LogP contribution < -0.4 is 0 Å². The van der Waals surface area contributed by atoms with Crippen molar-refractivity contribution in [3.63, 3.8) is 0 Å². The normalized spacial score (nSPS) is 12.8. The Kier molecular flexibility index (Phi) is 8.06. The van der Waals surface area contributed by atoms with Crippen molar-refractivity contribution in [1.29, 1.82) is 0 Å². The average molecular weight is 262 g/mol. The maximum atomic E-state index is 10.6. The summed E-state index contributed by atoms with van der Waals surface area (Å²) in [7, 11) is 2.64. The zero-order chi connectivity index (χ0) is 13.3. The van der Waals surface area contributed by atoms with Gasteiger partial charge in [-0.3, -0.25) is 0 Å². The molecule has 0 saturated carbocycles. The van der Waals surface area contributed by atoms with Gasteiger partial charge >= 0.3 is 14.5 Å². The zero-order valence-electron chi connectivity index (χ0n) is 11.0. The van der Waals surface area contributed by atoms with Gasteiger partial charge in [0.2, 0.25) is 0 Å². The highest BCUT2D eigenvalue weighted by molar-refractivity contribution is 6.67. The van der Waals surface area contributed by atoms with Crippen LogP contribution in [0.5, 0.6) is 0 Å². The molecule has 100 valence electrons. The predicted molar refractivity (Wildman–Crippen MR) is 67.1 cm³/mol. The number of hydrogen-bond acceptors (Lipinski definition) is 4. The summed E-state index contributed by atoms with van der Waals surface area (Å²) in [5.74, 6) is -0.871. The number of aliphatic carboxylic acids is 1. The monoisotopic (exact) mass is 262 g/mol. The summed E-state index contributed by atoms with van der Waals surface area (Å²) in [6.45, 7) is 1.59. The summed E-state index contributed by atoms with van der Waals surface area (Å²) in [6.07, 6.45) is 3.76. The van der Waals surface area contributed by atoms with Crippen LogP contribution in [0, 0.1) is 0 Å². The van der Waals surface area contributed by atoms with E-state index in [0.29, 0.717) is 18.2 Å². The second-order valence-electron chi connectivity index (χ2n) is 3.84. The van der Waals surface area contributed by atoms with E-state index in [1.54, 1.807) is 34.3 Å². The molecule has 0 heterocycles. The molecule has 0 aliphatic heterocycles. The predicted octanol–water partition coefficient (Wildman–Crippen LogP) is 1.72. The molecule has 0 aliphatic rings. The van der Waals surface area contributed by atoms with Crippen LogP contribution >= 0.6 is 0 Å². The third-order valence-corrected chi connectivity index (χ3v) is 5.99. The van der Waals surface area contributed by atoms with Gasteiger partial charge in [-0.05, 0) is 25.8 Å². The van der Waals surface area contributed by atoms with Gasteiger partial charge in [0.1, 0.15) is 0 Å². The van der Waals surface area contributed by atoms with Crippen molar-refractivity contribution in [2.45, 2.75) is 25.8 Å². The van der Waals surface area contributed by atoms with E-state index < -0.39 is 14.5 Å². The number of ether oxygens (including phenoxy) is 1. The maximum Gasteiger partial charge on any atom is 0.364 e. The van der Waals surface area contributed by atoms with Crippen LogP contribution in [0.4, 0.5) is 0 Å². The molecule has 6 heteroatoms. The first kappa shape index (κ1) is 16.3. The van der Waals surface area contributed by atoms with Gasteiger partial charge in [0, 0.05) is 26.9 Å². The summed E-state index contributed by atoms with van der Waals surface area (Å²) >= 11 is 0. The van der Waals surface area contributed by atoms with Crippen molar-refractivity contribution < 1.29 is 23.5 Å².